The lowest BCUT2D eigenvalue weighted by Crippen LogP contribution is -2.41. The maximum absolute atomic E-state index is 12.9. The highest BCUT2D eigenvalue weighted by Crippen LogP contribution is 2.44. The van der Waals surface area contributed by atoms with Crippen LogP contribution in [-0.2, 0) is 10.4 Å². The van der Waals surface area contributed by atoms with Crippen molar-refractivity contribution in [3.05, 3.63) is 80.8 Å². The minimum atomic E-state index is -2.01. The van der Waals surface area contributed by atoms with Crippen molar-refractivity contribution in [2.45, 2.75) is 12.0 Å². The number of carbonyl (C=O) groups excluding carboxylic acids is 2. The van der Waals surface area contributed by atoms with Crippen LogP contribution < -0.4 is 4.90 Å². The molecule has 1 unspecified atom stereocenters. The molecule has 2 aromatic carbocycles. The molecule has 27 heavy (non-hydrogen) atoms. The van der Waals surface area contributed by atoms with Crippen LogP contribution in [0.15, 0.2) is 59.6 Å². The number of nitrogens with zero attached hydrogens (tertiary/aromatic N) is 2. The van der Waals surface area contributed by atoms with Crippen LogP contribution >= 0.6 is 15.9 Å². The number of halogens is 1. The molecule has 138 valence electrons. The Morgan fingerprint density at radius 2 is 1.96 bits per heavy atom. The molecular weight excluding hydrogens is 416 g/mol. The second-order valence-corrected chi connectivity index (χ2v) is 7.05. The van der Waals surface area contributed by atoms with Gasteiger partial charge in [0.1, 0.15) is 0 Å². The van der Waals surface area contributed by atoms with Gasteiger partial charge >= 0.3 is 0 Å². The van der Waals surface area contributed by atoms with E-state index in [1.54, 1.807) is 18.2 Å². The van der Waals surface area contributed by atoms with Crippen LogP contribution in [0.5, 0.6) is 0 Å². The minimum absolute atomic E-state index is 0.145. The van der Waals surface area contributed by atoms with E-state index >= 15 is 0 Å². The molecule has 0 spiro atoms. The highest BCUT2D eigenvalue weighted by molar-refractivity contribution is 9.10. The first-order valence-electron chi connectivity index (χ1n) is 8.01. The Bertz CT molecular complexity index is 957. The van der Waals surface area contributed by atoms with Crippen molar-refractivity contribution >= 4 is 39.0 Å². The molecule has 0 fully saturated rings. The monoisotopic (exact) mass is 430 g/mol. The number of carbonyl (C=O) groups is 2. The second kappa shape index (κ2) is 7.05. The molecule has 0 aromatic heterocycles. The van der Waals surface area contributed by atoms with E-state index in [1.807, 2.05) is 0 Å². The van der Waals surface area contributed by atoms with E-state index in [9.17, 15) is 24.8 Å². The van der Waals surface area contributed by atoms with Crippen molar-refractivity contribution in [1.82, 2.24) is 0 Å². The fourth-order valence-corrected chi connectivity index (χ4v) is 3.47. The Morgan fingerprint density at radius 3 is 2.56 bits per heavy atom. The Morgan fingerprint density at radius 1 is 1.30 bits per heavy atom. The minimum Gasteiger partial charge on any atom is -0.375 e. The molecule has 0 aliphatic carbocycles. The number of hydrogen-bond acceptors (Lipinski definition) is 5. The van der Waals surface area contributed by atoms with Gasteiger partial charge in [0.05, 0.1) is 17.0 Å². The third-order valence-corrected chi connectivity index (χ3v) is 4.92. The molecule has 1 aliphatic heterocycles. The van der Waals surface area contributed by atoms with Gasteiger partial charge in [0, 0.05) is 34.3 Å². The third kappa shape index (κ3) is 3.29. The summed E-state index contributed by atoms with van der Waals surface area (Å²) in [5.74, 6) is -1.10. The predicted molar refractivity (Wildman–Crippen MR) is 103 cm³/mol. The SMILES string of the molecule is C=CCN1C(=O)C(O)(CC(=O)c2ccc([N+](=O)[O-])cc2)c2cc(Br)ccc21. The second-order valence-electron chi connectivity index (χ2n) is 6.13. The van der Waals surface area contributed by atoms with Gasteiger partial charge in [-0.05, 0) is 30.3 Å². The number of benzene rings is 2. The number of ketones is 1. The number of non-ortho nitro benzene ring substituents is 1. The zero-order valence-electron chi connectivity index (χ0n) is 14.1. The van der Waals surface area contributed by atoms with E-state index in [-0.39, 0.29) is 17.8 Å². The smallest absolute Gasteiger partial charge is 0.269 e. The summed E-state index contributed by atoms with van der Waals surface area (Å²) in [6, 6.07) is 10.1. The summed E-state index contributed by atoms with van der Waals surface area (Å²) in [5, 5.41) is 21.9. The number of nitro benzene ring substituents is 1. The number of hydrogen-bond donors (Lipinski definition) is 1. The van der Waals surface area contributed by atoms with Crippen LogP contribution in [0.1, 0.15) is 22.3 Å². The van der Waals surface area contributed by atoms with E-state index < -0.39 is 28.6 Å². The van der Waals surface area contributed by atoms with Crippen molar-refractivity contribution in [3.8, 4) is 0 Å². The standard InChI is InChI=1S/C19H15BrN2O5/c1-2-9-21-16-8-5-13(20)10-15(16)19(25,18(21)24)11-17(23)12-3-6-14(7-4-12)22(26)27/h2-8,10,25H,1,9,11H2. The van der Waals surface area contributed by atoms with Crippen molar-refractivity contribution < 1.29 is 19.6 Å². The van der Waals surface area contributed by atoms with Gasteiger partial charge in [-0.1, -0.05) is 22.0 Å². The number of Topliss-reactive ketones (excluding diaryl/α,β-unsaturated/α-hetero) is 1. The Kier molecular flexibility index (Phi) is 4.95. The third-order valence-electron chi connectivity index (χ3n) is 4.42. The topological polar surface area (TPSA) is 101 Å². The van der Waals surface area contributed by atoms with Gasteiger partial charge < -0.3 is 10.0 Å². The van der Waals surface area contributed by atoms with Crippen molar-refractivity contribution in [1.29, 1.82) is 0 Å². The lowest BCUT2D eigenvalue weighted by Gasteiger charge is -2.22. The predicted octanol–water partition coefficient (Wildman–Crippen LogP) is 3.35. The van der Waals surface area contributed by atoms with Crippen molar-refractivity contribution in [2.75, 3.05) is 11.4 Å². The molecule has 1 aliphatic rings. The first-order chi connectivity index (χ1) is 12.8. The Hall–Kier alpha value is -2.84. The number of rotatable bonds is 6. The van der Waals surface area contributed by atoms with Gasteiger partial charge in [-0.15, -0.1) is 6.58 Å². The molecule has 0 saturated heterocycles. The van der Waals surface area contributed by atoms with E-state index in [1.165, 1.54) is 35.2 Å². The van der Waals surface area contributed by atoms with Crippen LogP contribution in [0.2, 0.25) is 0 Å². The van der Waals surface area contributed by atoms with Gasteiger partial charge in [-0.2, -0.15) is 0 Å². The molecule has 0 bridgehead atoms. The number of nitro groups is 1. The average Bonchev–Trinajstić information content (AvgIpc) is 2.84. The highest BCUT2D eigenvalue weighted by atomic mass is 79.9. The molecular formula is C19H15BrN2O5. The van der Waals surface area contributed by atoms with Gasteiger partial charge in [0.2, 0.25) is 0 Å². The van der Waals surface area contributed by atoms with Crippen LogP contribution in [0.25, 0.3) is 0 Å². The largest absolute Gasteiger partial charge is 0.375 e. The maximum atomic E-state index is 12.9. The zero-order chi connectivity index (χ0) is 19.8. The summed E-state index contributed by atoms with van der Waals surface area (Å²) in [6.45, 7) is 3.82. The molecule has 2 aromatic rings. The van der Waals surface area contributed by atoms with Gasteiger partial charge in [-0.25, -0.2) is 0 Å². The summed E-state index contributed by atoms with van der Waals surface area (Å²) in [6.07, 6.45) is 1.06. The molecule has 1 amide bonds. The summed E-state index contributed by atoms with van der Waals surface area (Å²) in [7, 11) is 0. The van der Waals surface area contributed by atoms with Crippen LogP contribution in [0.4, 0.5) is 11.4 Å². The lowest BCUT2D eigenvalue weighted by atomic mass is 9.88. The quantitative estimate of drug-likeness (QED) is 0.327. The summed E-state index contributed by atoms with van der Waals surface area (Å²) >= 11 is 3.32. The summed E-state index contributed by atoms with van der Waals surface area (Å²) in [5.41, 5.74) is -1.13. The fraction of sp³-hybridized carbons (Fsp3) is 0.158. The van der Waals surface area contributed by atoms with Crippen LogP contribution in [0.3, 0.4) is 0 Å². The lowest BCUT2D eigenvalue weighted by molar-refractivity contribution is -0.384. The molecule has 3 rings (SSSR count). The summed E-state index contributed by atoms with van der Waals surface area (Å²) in [4.78, 5) is 37.1. The van der Waals surface area contributed by atoms with Crippen molar-refractivity contribution in [3.63, 3.8) is 0 Å². The molecule has 1 heterocycles. The summed E-state index contributed by atoms with van der Waals surface area (Å²) < 4.78 is 0.663. The normalized spacial score (nSPS) is 18.3. The maximum Gasteiger partial charge on any atom is 0.269 e. The first-order valence-corrected chi connectivity index (χ1v) is 8.80. The Labute approximate surface area is 163 Å². The zero-order valence-corrected chi connectivity index (χ0v) is 15.7. The van der Waals surface area contributed by atoms with E-state index in [4.69, 9.17) is 0 Å². The van der Waals surface area contributed by atoms with Gasteiger partial charge in [0.25, 0.3) is 11.6 Å². The number of amides is 1. The fourth-order valence-electron chi connectivity index (χ4n) is 3.11. The number of aliphatic hydroxyl groups is 1. The van der Waals surface area contributed by atoms with Crippen molar-refractivity contribution in [2.24, 2.45) is 0 Å². The number of fused-ring (bicyclic) bond motifs is 1. The van der Waals surface area contributed by atoms with Crippen LogP contribution in [0, 0.1) is 10.1 Å². The molecule has 7 nitrogen and oxygen atoms in total. The molecule has 1 atom stereocenters. The van der Waals surface area contributed by atoms with E-state index in [2.05, 4.69) is 22.5 Å². The highest BCUT2D eigenvalue weighted by Gasteiger charge is 2.50. The van der Waals surface area contributed by atoms with E-state index in [0.29, 0.717) is 15.7 Å². The molecule has 8 heteroatoms. The molecule has 0 saturated carbocycles. The van der Waals surface area contributed by atoms with Gasteiger partial charge in [-0.3, -0.25) is 19.7 Å². The molecule has 0 radical (unpaired) electrons. The average molecular weight is 431 g/mol. The van der Waals surface area contributed by atoms with Gasteiger partial charge in [0.15, 0.2) is 11.4 Å². The molecule has 1 N–H and O–H groups in total. The first kappa shape index (κ1) is 18.9. The van der Waals surface area contributed by atoms with E-state index in [0.717, 1.165) is 0 Å². The van der Waals surface area contributed by atoms with Crippen LogP contribution in [-0.4, -0.2) is 28.3 Å². The Balaban J connectivity index is 1.96. The number of anilines is 1.